The van der Waals surface area contributed by atoms with Gasteiger partial charge < -0.3 is 15.7 Å². The van der Waals surface area contributed by atoms with Crippen molar-refractivity contribution in [1.82, 2.24) is 10.6 Å². The Morgan fingerprint density at radius 3 is 2.22 bits per heavy atom. The average Bonchev–Trinajstić information content (AvgIpc) is 2.22. The number of rotatable bonds is 6. The molecule has 0 rings (SSSR count). The van der Waals surface area contributed by atoms with Crippen molar-refractivity contribution in [3.05, 3.63) is 0 Å². The minimum atomic E-state index is -0.898. The summed E-state index contributed by atoms with van der Waals surface area (Å²) < 4.78 is 0. The zero-order chi connectivity index (χ0) is 14.3. The molecular weight excluding hydrogens is 232 g/mol. The fraction of sp³-hybridized carbons (Fsp3) is 0.846. The summed E-state index contributed by atoms with van der Waals surface area (Å²) in [6, 6.07) is -0.605. The van der Waals surface area contributed by atoms with E-state index in [0.29, 0.717) is 18.9 Å². The Hall–Kier alpha value is -1.26. The molecule has 0 aliphatic rings. The van der Waals surface area contributed by atoms with Gasteiger partial charge >= 0.3 is 12.0 Å². The smallest absolute Gasteiger partial charge is 0.315 e. The van der Waals surface area contributed by atoms with E-state index in [1.807, 2.05) is 6.92 Å². The zero-order valence-corrected chi connectivity index (χ0v) is 12.0. The van der Waals surface area contributed by atoms with Crippen molar-refractivity contribution < 1.29 is 14.7 Å². The third-order valence-electron chi connectivity index (χ3n) is 3.30. The van der Waals surface area contributed by atoms with Crippen molar-refractivity contribution in [1.29, 1.82) is 0 Å². The van der Waals surface area contributed by atoms with Gasteiger partial charge in [-0.05, 0) is 17.8 Å². The number of aliphatic carboxylic acids is 1. The van der Waals surface area contributed by atoms with E-state index in [1.165, 1.54) is 0 Å². The number of carboxylic acid groups (broad SMARTS) is 1. The Labute approximate surface area is 109 Å². The fourth-order valence-electron chi connectivity index (χ4n) is 1.30. The molecule has 2 unspecified atom stereocenters. The highest BCUT2D eigenvalue weighted by Crippen LogP contribution is 2.24. The summed E-state index contributed by atoms with van der Waals surface area (Å²) in [5, 5.41) is 14.1. The van der Waals surface area contributed by atoms with E-state index in [0.717, 1.165) is 0 Å². The molecule has 2 amide bonds. The maximum absolute atomic E-state index is 11.6. The molecule has 0 heterocycles. The van der Waals surface area contributed by atoms with Crippen LogP contribution in [0.3, 0.4) is 0 Å². The normalized spacial score (nSPS) is 14.7. The lowest BCUT2D eigenvalue weighted by Crippen LogP contribution is -2.45. The third-order valence-corrected chi connectivity index (χ3v) is 3.30. The van der Waals surface area contributed by atoms with Crippen molar-refractivity contribution in [2.75, 3.05) is 6.54 Å². The molecule has 0 bridgehead atoms. The van der Waals surface area contributed by atoms with Crippen LogP contribution in [0.4, 0.5) is 4.79 Å². The van der Waals surface area contributed by atoms with Crippen LogP contribution >= 0.6 is 0 Å². The summed E-state index contributed by atoms with van der Waals surface area (Å²) >= 11 is 0. The van der Waals surface area contributed by atoms with Crippen LogP contribution in [-0.4, -0.2) is 29.7 Å². The SMILES string of the molecule is CCC(CC(=O)O)NC(=O)NCC(C)C(C)(C)C. The number of hydrogen-bond donors (Lipinski definition) is 3. The van der Waals surface area contributed by atoms with E-state index < -0.39 is 5.97 Å². The van der Waals surface area contributed by atoms with Crippen molar-refractivity contribution in [3.63, 3.8) is 0 Å². The van der Waals surface area contributed by atoms with Gasteiger partial charge in [-0.25, -0.2) is 4.79 Å². The van der Waals surface area contributed by atoms with Gasteiger partial charge in [-0.15, -0.1) is 0 Å². The van der Waals surface area contributed by atoms with Crippen LogP contribution in [0.15, 0.2) is 0 Å². The summed E-state index contributed by atoms with van der Waals surface area (Å²) in [7, 11) is 0. The second-order valence-electron chi connectivity index (χ2n) is 5.82. The molecule has 5 nitrogen and oxygen atoms in total. The lowest BCUT2D eigenvalue weighted by molar-refractivity contribution is -0.137. The molecule has 0 fully saturated rings. The van der Waals surface area contributed by atoms with Crippen LogP contribution < -0.4 is 10.6 Å². The second kappa shape index (κ2) is 7.24. The second-order valence-corrected chi connectivity index (χ2v) is 5.82. The minimum Gasteiger partial charge on any atom is -0.481 e. The quantitative estimate of drug-likeness (QED) is 0.683. The van der Waals surface area contributed by atoms with Crippen LogP contribution in [0.25, 0.3) is 0 Å². The van der Waals surface area contributed by atoms with Gasteiger partial charge in [-0.3, -0.25) is 4.79 Å². The van der Waals surface area contributed by atoms with E-state index in [4.69, 9.17) is 5.11 Å². The standard InChI is InChI=1S/C13H26N2O3/c1-6-10(7-11(16)17)15-12(18)14-8-9(2)13(3,4)5/h9-10H,6-8H2,1-5H3,(H,16,17)(H2,14,15,18). The highest BCUT2D eigenvalue weighted by atomic mass is 16.4. The van der Waals surface area contributed by atoms with Crippen molar-refractivity contribution in [2.24, 2.45) is 11.3 Å². The molecule has 0 aliphatic heterocycles. The molecule has 2 atom stereocenters. The Morgan fingerprint density at radius 2 is 1.83 bits per heavy atom. The summed E-state index contributed by atoms with van der Waals surface area (Å²) in [5.41, 5.74) is 0.137. The van der Waals surface area contributed by atoms with Gasteiger partial charge in [0.05, 0.1) is 6.42 Å². The molecule has 0 aromatic carbocycles. The largest absolute Gasteiger partial charge is 0.481 e. The zero-order valence-electron chi connectivity index (χ0n) is 12.0. The molecule has 0 aromatic heterocycles. The summed E-state index contributed by atoms with van der Waals surface area (Å²) in [6.45, 7) is 10.9. The first kappa shape index (κ1) is 16.7. The Bertz CT molecular complexity index is 284. The molecule has 5 heteroatoms. The van der Waals surface area contributed by atoms with Crippen LogP contribution in [0, 0.1) is 11.3 Å². The summed E-state index contributed by atoms with van der Waals surface area (Å²) in [6.07, 6.45) is 0.563. The molecule has 3 N–H and O–H groups in total. The molecule has 0 aliphatic carbocycles. The number of urea groups is 1. The number of nitrogens with one attached hydrogen (secondary N) is 2. The van der Waals surface area contributed by atoms with Crippen LogP contribution in [0.1, 0.15) is 47.5 Å². The highest BCUT2D eigenvalue weighted by Gasteiger charge is 2.21. The molecule has 0 saturated heterocycles. The van der Waals surface area contributed by atoms with E-state index in [-0.39, 0.29) is 23.9 Å². The Kier molecular flexibility index (Phi) is 6.73. The summed E-state index contributed by atoms with van der Waals surface area (Å²) in [4.78, 5) is 22.2. The first-order valence-corrected chi connectivity index (χ1v) is 6.43. The van der Waals surface area contributed by atoms with Gasteiger partial charge in [-0.2, -0.15) is 0 Å². The number of hydrogen-bond acceptors (Lipinski definition) is 2. The van der Waals surface area contributed by atoms with Crippen molar-refractivity contribution in [3.8, 4) is 0 Å². The lowest BCUT2D eigenvalue weighted by Gasteiger charge is -2.27. The van der Waals surface area contributed by atoms with Crippen LogP contribution in [0.5, 0.6) is 0 Å². The van der Waals surface area contributed by atoms with Gasteiger partial charge in [0, 0.05) is 12.6 Å². The monoisotopic (exact) mass is 258 g/mol. The lowest BCUT2D eigenvalue weighted by atomic mass is 9.82. The predicted molar refractivity (Wildman–Crippen MR) is 71.5 cm³/mol. The Balaban J connectivity index is 4.07. The number of carboxylic acids is 1. The topological polar surface area (TPSA) is 78.4 Å². The molecular formula is C13H26N2O3. The molecule has 0 saturated carbocycles. The van der Waals surface area contributed by atoms with Crippen LogP contribution in [0.2, 0.25) is 0 Å². The van der Waals surface area contributed by atoms with E-state index in [9.17, 15) is 9.59 Å². The van der Waals surface area contributed by atoms with E-state index in [1.54, 1.807) is 0 Å². The van der Waals surface area contributed by atoms with Gasteiger partial charge in [0.25, 0.3) is 0 Å². The number of amides is 2. The maximum Gasteiger partial charge on any atom is 0.315 e. The fourth-order valence-corrected chi connectivity index (χ4v) is 1.30. The maximum atomic E-state index is 11.6. The molecule has 0 aromatic rings. The van der Waals surface area contributed by atoms with Crippen molar-refractivity contribution >= 4 is 12.0 Å². The van der Waals surface area contributed by atoms with Crippen LogP contribution in [-0.2, 0) is 4.79 Å². The highest BCUT2D eigenvalue weighted by molar-refractivity contribution is 5.75. The first-order valence-electron chi connectivity index (χ1n) is 6.43. The van der Waals surface area contributed by atoms with Gasteiger partial charge in [0.15, 0.2) is 0 Å². The number of carbonyl (C=O) groups is 2. The average molecular weight is 258 g/mol. The molecule has 106 valence electrons. The van der Waals surface area contributed by atoms with Crippen molar-refractivity contribution in [2.45, 2.75) is 53.5 Å². The summed E-state index contributed by atoms with van der Waals surface area (Å²) in [5.74, 6) is -0.548. The number of carbonyl (C=O) groups excluding carboxylic acids is 1. The first-order chi connectivity index (χ1) is 8.16. The third kappa shape index (κ3) is 7.14. The van der Waals surface area contributed by atoms with Gasteiger partial charge in [0.1, 0.15) is 0 Å². The van der Waals surface area contributed by atoms with E-state index in [2.05, 4.69) is 38.3 Å². The predicted octanol–water partition coefficient (Wildman–Crippen LogP) is 2.22. The Morgan fingerprint density at radius 1 is 1.28 bits per heavy atom. The van der Waals surface area contributed by atoms with Gasteiger partial charge in [-0.1, -0.05) is 34.6 Å². The van der Waals surface area contributed by atoms with Gasteiger partial charge in [0.2, 0.25) is 0 Å². The minimum absolute atomic E-state index is 0.0429. The molecule has 0 radical (unpaired) electrons. The molecule has 18 heavy (non-hydrogen) atoms. The molecule has 0 spiro atoms. The van der Waals surface area contributed by atoms with E-state index >= 15 is 0 Å².